The van der Waals surface area contributed by atoms with Crippen LogP contribution in [0.2, 0.25) is 0 Å². The molecule has 30 heavy (non-hydrogen) atoms. The molecule has 7 nitrogen and oxygen atoms in total. The number of amides is 1. The fourth-order valence-corrected chi connectivity index (χ4v) is 4.41. The molecule has 0 radical (unpaired) electrons. The Bertz CT molecular complexity index is 1280. The number of aliphatic hydroxyl groups is 1. The molecule has 0 saturated carbocycles. The number of hydrogen-bond acceptors (Lipinski definition) is 6. The van der Waals surface area contributed by atoms with Crippen LogP contribution >= 0.6 is 0 Å². The largest absolute Gasteiger partial charge is 0.503 e. The second-order valence-corrected chi connectivity index (χ2v) is 8.32. The molecule has 3 aromatic rings. The van der Waals surface area contributed by atoms with Crippen LogP contribution in [0.25, 0.3) is 11.1 Å². The van der Waals surface area contributed by atoms with Crippen molar-refractivity contribution in [2.45, 2.75) is 38.1 Å². The summed E-state index contributed by atoms with van der Waals surface area (Å²) in [5.41, 5.74) is -0.361. The van der Waals surface area contributed by atoms with E-state index in [1.165, 1.54) is 0 Å². The van der Waals surface area contributed by atoms with Gasteiger partial charge in [-0.25, -0.2) is 0 Å². The van der Waals surface area contributed by atoms with Crippen molar-refractivity contribution in [3.63, 3.8) is 0 Å². The van der Waals surface area contributed by atoms with Crippen molar-refractivity contribution >= 4 is 5.91 Å². The van der Waals surface area contributed by atoms with Gasteiger partial charge in [0.15, 0.2) is 5.75 Å². The average Bonchev–Trinajstić information content (AvgIpc) is 3.05. The number of aliphatic hydroxyl groups excluding tert-OH is 1. The number of carbonyl (C=O) groups excluding carboxylic acids is 1. The first-order valence-electron chi connectivity index (χ1n) is 9.63. The lowest BCUT2D eigenvalue weighted by Gasteiger charge is -2.45. The molecule has 5 rings (SSSR count). The van der Waals surface area contributed by atoms with Crippen molar-refractivity contribution in [3.8, 4) is 22.6 Å². The molecule has 0 unspecified atom stereocenters. The molecular formula is C23H19NO6. The van der Waals surface area contributed by atoms with E-state index in [-0.39, 0.29) is 11.5 Å². The number of fused-ring (bicyclic) bond motifs is 2. The lowest BCUT2D eigenvalue weighted by molar-refractivity contribution is -0.0867. The number of nitrogens with zero attached hydrogens (tertiary/aromatic N) is 1. The van der Waals surface area contributed by atoms with Gasteiger partial charge in [-0.1, -0.05) is 24.3 Å². The zero-order valence-corrected chi connectivity index (χ0v) is 16.4. The third-order valence-corrected chi connectivity index (χ3v) is 6.07. The highest BCUT2D eigenvalue weighted by Crippen LogP contribution is 2.46. The number of benzene rings is 2. The van der Waals surface area contributed by atoms with Crippen LogP contribution in [0.5, 0.6) is 11.5 Å². The van der Waals surface area contributed by atoms with E-state index in [4.69, 9.17) is 4.74 Å². The standard InChI is InChI=1S/C23H19NO6/c1-23(2)21(28)17(24-10-12-5-3-4-6-13(12)22(24)29)14-9-11(7-8-15(14)30-23)16-18(25)20(27)19(16)26/h3-9,17,21,25,28H,10H2,1-2H3/t17-,21+/m0/s1. The summed E-state index contributed by atoms with van der Waals surface area (Å²) in [6.07, 6.45) is -1.04. The third kappa shape index (κ3) is 2.39. The number of ether oxygens (including phenoxy) is 1. The molecule has 2 aliphatic heterocycles. The molecule has 0 fully saturated rings. The predicted molar refractivity (Wildman–Crippen MR) is 108 cm³/mol. The quantitative estimate of drug-likeness (QED) is 0.631. The Labute approximate surface area is 171 Å². The van der Waals surface area contributed by atoms with E-state index in [9.17, 15) is 24.6 Å². The summed E-state index contributed by atoms with van der Waals surface area (Å²) in [6.45, 7) is 3.83. The number of hydrogen-bond donors (Lipinski definition) is 2. The Kier molecular flexibility index (Phi) is 3.73. The van der Waals surface area contributed by atoms with Crippen LogP contribution in [-0.2, 0) is 6.54 Å². The highest BCUT2D eigenvalue weighted by molar-refractivity contribution is 5.98. The summed E-state index contributed by atoms with van der Waals surface area (Å²) < 4.78 is 5.98. The lowest BCUT2D eigenvalue weighted by Crippen LogP contribution is -2.53. The molecule has 0 bridgehead atoms. The Balaban J connectivity index is 1.65. The summed E-state index contributed by atoms with van der Waals surface area (Å²) in [6, 6.07) is 11.4. The molecule has 2 aliphatic rings. The van der Waals surface area contributed by atoms with Gasteiger partial charge in [0.2, 0.25) is 5.43 Å². The second-order valence-electron chi connectivity index (χ2n) is 8.32. The molecule has 7 heteroatoms. The highest BCUT2D eigenvalue weighted by Gasteiger charge is 2.48. The molecule has 0 aromatic heterocycles. The summed E-state index contributed by atoms with van der Waals surface area (Å²) in [4.78, 5) is 38.1. The van der Waals surface area contributed by atoms with E-state index in [0.29, 0.717) is 29.0 Å². The first-order valence-corrected chi connectivity index (χ1v) is 9.63. The van der Waals surface area contributed by atoms with E-state index in [1.807, 2.05) is 12.1 Å². The predicted octanol–water partition coefficient (Wildman–Crippen LogP) is 1.88. The maximum absolute atomic E-state index is 13.1. The van der Waals surface area contributed by atoms with E-state index in [2.05, 4.69) is 0 Å². The first-order chi connectivity index (χ1) is 14.2. The maximum atomic E-state index is 13.1. The van der Waals surface area contributed by atoms with Crippen molar-refractivity contribution in [1.29, 1.82) is 0 Å². The Morgan fingerprint density at radius 3 is 2.50 bits per heavy atom. The van der Waals surface area contributed by atoms with Gasteiger partial charge in [0, 0.05) is 17.7 Å². The number of rotatable bonds is 2. The molecule has 0 spiro atoms. The average molecular weight is 405 g/mol. The monoisotopic (exact) mass is 405 g/mol. The summed E-state index contributed by atoms with van der Waals surface area (Å²) in [5.74, 6) is -0.291. The van der Waals surface area contributed by atoms with Crippen LogP contribution in [0.1, 0.15) is 41.4 Å². The van der Waals surface area contributed by atoms with Crippen molar-refractivity contribution < 1.29 is 19.7 Å². The van der Waals surface area contributed by atoms with Crippen LogP contribution < -0.4 is 15.6 Å². The second kappa shape index (κ2) is 6.03. The van der Waals surface area contributed by atoms with Gasteiger partial charge in [0.1, 0.15) is 17.5 Å². The summed E-state index contributed by atoms with van der Waals surface area (Å²) >= 11 is 0. The maximum Gasteiger partial charge on any atom is 0.268 e. The Morgan fingerprint density at radius 1 is 1.07 bits per heavy atom. The zero-order chi connectivity index (χ0) is 21.4. The van der Waals surface area contributed by atoms with Crippen LogP contribution in [0.4, 0.5) is 0 Å². The van der Waals surface area contributed by atoms with Gasteiger partial charge in [-0.2, -0.15) is 0 Å². The minimum Gasteiger partial charge on any atom is -0.503 e. The van der Waals surface area contributed by atoms with Gasteiger partial charge >= 0.3 is 0 Å². The molecule has 2 heterocycles. The van der Waals surface area contributed by atoms with Crippen LogP contribution in [0.15, 0.2) is 52.1 Å². The SMILES string of the molecule is CC1(C)Oc2ccc(-c3c(O)c(=O)c3=O)cc2[C@H](N2Cc3ccccc3C2=O)[C@H]1O. The molecule has 3 aromatic carbocycles. The van der Waals surface area contributed by atoms with Crippen LogP contribution in [0.3, 0.4) is 0 Å². The van der Waals surface area contributed by atoms with Crippen molar-refractivity contribution in [1.82, 2.24) is 4.90 Å². The van der Waals surface area contributed by atoms with Crippen molar-refractivity contribution in [3.05, 3.63) is 79.6 Å². The Hall–Kier alpha value is -3.45. The summed E-state index contributed by atoms with van der Waals surface area (Å²) in [7, 11) is 0. The topological polar surface area (TPSA) is 104 Å². The highest BCUT2D eigenvalue weighted by atomic mass is 16.5. The first kappa shape index (κ1) is 18.6. The van der Waals surface area contributed by atoms with E-state index >= 15 is 0 Å². The van der Waals surface area contributed by atoms with Gasteiger partial charge in [0.25, 0.3) is 11.3 Å². The van der Waals surface area contributed by atoms with E-state index in [0.717, 1.165) is 5.56 Å². The minimum absolute atomic E-state index is 0.0584. The smallest absolute Gasteiger partial charge is 0.268 e. The Morgan fingerprint density at radius 2 is 1.80 bits per heavy atom. The van der Waals surface area contributed by atoms with E-state index in [1.54, 1.807) is 49.1 Å². The van der Waals surface area contributed by atoms with Gasteiger partial charge in [-0.15, -0.1) is 0 Å². The van der Waals surface area contributed by atoms with Gasteiger partial charge < -0.3 is 19.8 Å². The summed E-state index contributed by atoms with van der Waals surface area (Å²) in [5, 5.41) is 21.0. The van der Waals surface area contributed by atoms with Crippen LogP contribution in [0, 0.1) is 0 Å². The molecule has 2 atom stereocenters. The molecule has 0 aliphatic carbocycles. The fraction of sp³-hybridized carbons (Fsp3) is 0.261. The minimum atomic E-state index is -1.04. The third-order valence-electron chi connectivity index (χ3n) is 6.07. The van der Waals surface area contributed by atoms with Gasteiger partial charge in [-0.3, -0.25) is 14.4 Å². The van der Waals surface area contributed by atoms with Gasteiger partial charge in [-0.05, 0) is 43.2 Å². The molecule has 0 saturated heterocycles. The zero-order valence-electron chi connectivity index (χ0n) is 16.4. The van der Waals surface area contributed by atoms with E-state index < -0.39 is 34.4 Å². The molecule has 2 N–H and O–H groups in total. The normalized spacial score (nSPS) is 22.0. The molecular weight excluding hydrogens is 386 g/mol. The van der Waals surface area contributed by atoms with Crippen molar-refractivity contribution in [2.75, 3.05) is 0 Å². The molecule has 152 valence electrons. The van der Waals surface area contributed by atoms with Crippen LogP contribution in [-0.4, -0.2) is 32.7 Å². The fourth-order valence-electron chi connectivity index (χ4n) is 4.41. The van der Waals surface area contributed by atoms with Gasteiger partial charge in [0.05, 0.1) is 11.6 Å². The molecule has 1 amide bonds. The van der Waals surface area contributed by atoms with Crippen molar-refractivity contribution in [2.24, 2.45) is 0 Å². The number of aromatic hydroxyl groups is 1. The number of carbonyl (C=O) groups is 1. The lowest BCUT2D eigenvalue weighted by atomic mass is 9.84.